The summed E-state index contributed by atoms with van der Waals surface area (Å²) in [6.45, 7) is 0.895. The Morgan fingerprint density at radius 1 is 1.11 bits per heavy atom. The molecule has 1 heterocycles. The third-order valence-electron chi connectivity index (χ3n) is 4.26. The van der Waals surface area contributed by atoms with Gasteiger partial charge in [-0.2, -0.15) is 4.31 Å². The zero-order valence-corrected chi connectivity index (χ0v) is 15.4. The van der Waals surface area contributed by atoms with Crippen molar-refractivity contribution in [3.8, 4) is 5.75 Å². The summed E-state index contributed by atoms with van der Waals surface area (Å²) < 4.78 is 58.7. The van der Waals surface area contributed by atoms with Gasteiger partial charge in [-0.1, -0.05) is 6.07 Å². The van der Waals surface area contributed by atoms with Gasteiger partial charge in [-0.3, -0.25) is 4.79 Å². The molecule has 0 aromatic heterocycles. The van der Waals surface area contributed by atoms with Crippen LogP contribution in [0.2, 0.25) is 0 Å². The number of nitrogens with zero attached hydrogens (tertiary/aromatic N) is 1. The van der Waals surface area contributed by atoms with Gasteiger partial charge in [0, 0.05) is 36.5 Å². The fourth-order valence-corrected chi connectivity index (χ4v) is 4.47. The van der Waals surface area contributed by atoms with Gasteiger partial charge in [0.05, 0.1) is 12.0 Å². The van der Waals surface area contributed by atoms with Crippen LogP contribution < -0.4 is 10.1 Å². The Bertz CT molecular complexity index is 950. The van der Waals surface area contributed by atoms with Gasteiger partial charge in [0.2, 0.25) is 10.0 Å². The van der Waals surface area contributed by atoms with Gasteiger partial charge in [-0.15, -0.1) is 0 Å². The zero-order valence-electron chi connectivity index (χ0n) is 14.5. The van der Waals surface area contributed by atoms with Crippen molar-refractivity contribution >= 4 is 21.6 Å². The first-order valence-corrected chi connectivity index (χ1v) is 9.71. The number of hydrogen-bond donors (Lipinski definition) is 1. The molecule has 1 amide bonds. The van der Waals surface area contributed by atoms with Crippen molar-refractivity contribution in [2.45, 2.75) is 17.7 Å². The standard InChI is InChI=1S/C18H18F2N2O4S/c1-26-17-15(19)10-13(11-16(17)20)21-18(23)12-5-4-6-14(9-12)27(24,25)22-7-2-3-8-22/h4-6,9-11H,2-3,7-8H2,1H3,(H,21,23). The van der Waals surface area contributed by atoms with Crippen LogP contribution in [0.4, 0.5) is 14.5 Å². The number of rotatable bonds is 5. The van der Waals surface area contributed by atoms with Gasteiger partial charge >= 0.3 is 0 Å². The molecule has 0 spiro atoms. The second-order valence-corrected chi connectivity index (χ2v) is 8.00. The molecule has 6 nitrogen and oxygen atoms in total. The molecular formula is C18H18F2N2O4S. The highest BCUT2D eigenvalue weighted by atomic mass is 32.2. The summed E-state index contributed by atoms with van der Waals surface area (Å²) in [4.78, 5) is 12.4. The number of methoxy groups -OCH3 is 1. The largest absolute Gasteiger partial charge is 0.491 e. The Labute approximate surface area is 155 Å². The first-order valence-electron chi connectivity index (χ1n) is 8.27. The molecule has 1 fully saturated rings. The minimum atomic E-state index is -3.67. The molecular weight excluding hydrogens is 378 g/mol. The highest BCUT2D eigenvalue weighted by molar-refractivity contribution is 7.89. The van der Waals surface area contributed by atoms with Crippen LogP contribution >= 0.6 is 0 Å². The molecule has 1 saturated heterocycles. The molecule has 0 radical (unpaired) electrons. The van der Waals surface area contributed by atoms with Gasteiger partial charge in [-0.25, -0.2) is 17.2 Å². The fourth-order valence-electron chi connectivity index (χ4n) is 2.91. The van der Waals surface area contributed by atoms with E-state index in [4.69, 9.17) is 0 Å². The maximum atomic E-state index is 13.8. The highest BCUT2D eigenvalue weighted by Crippen LogP contribution is 2.26. The molecule has 144 valence electrons. The van der Waals surface area contributed by atoms with E-state index in [9.17, 15) is 22.0 Å². The van der Waals surface area contributed by atoms with Crippen LogP contribution in [0.1, 0.15) is 23.2 Å². The summed E-state index contributed by atoms with van der Waals surface area (Å²) in [7, 11) is -2.54. The van der Waals surface area contributed by atoms with Crippen LogP contribution in [0.3, 0.4) is 0 Å². The predicted octanol–water partition coefficient (Wildman–Crippen LogP) is 3.01. The molecule has 0 aliphatic carbocycles. The van der Waals surface area contributed by atoms with E-state index in [-0.39, 0.29) is 16.1 Å². The first-order chi connectivity index (χ1) is 12.8. The van der Waals surface area contributed by atoms with Gasteiger partial charge < -0.3 is 10.1 Å². The van der Waals surface area contributed by atoms with E-state index in [0.29, 0.717) is 13.1 Å². The lowest BCUT2D eigenvalue weighted by atomic mass is 10.2. The van der Waals surface area contributed by atoms with Crippen LogP contribution in [0.25, 0.3) is 0 Å². The molecule has 2 aromatic carbocycles. The number of carbonyl (C=O) groups excluding carboxylic acids is 1. The van der Waals surface area contributed by atoms with Crippen molar-refractivity contribution in [1.82, 2.24) is 4.31 Å². The number of ether oxygens (including phenoxy) is 1. The molecule has 0 saturated carbocycles. The normalized spacial score (nSPS) is 14.9. The minimum Gasteiger partial charge on any atom is -0.491 e. The molecule has 2 aromatic rings. The van der Waals surface area contributed by atoms with E-state index in [1.807, 2.05) is 0 Å². The summed E-state index contributed by atoms with van der Waals surface area (Å²) in [5.41, 5.74) is -0.0458. The summed E-state index contributed by atoms with van der Waals surface area (Å²) in [5.74, 6) is -3.15. The Hall–Kier alpha value is -2.52. The number of benzene rings is 2. The van der Waals surface area contributed by atoms with E-state index in [2.05, 4.69) is 10.1 Å². The van der Waals surface area contributed by atoms with Gasteiger partial charge in [0.25, 0.3) is 5.91 Å². The Kier molecular flexibility index (Phi) is 5.43. The number of nitrogens with one attached hydrogen (secondary N) is 1. The lowest BCUT2D eigenvalue weighted by molar-refractivity contribution is 0.102. The topological polar surface area (TPSA) is 75.7 Å². The van der Waals surface area contributed by atoms with Crippen molar-refractivity contribution in [2.75, 3.05) is 25.5 Å². The van der Waals surface area contributed by atoms with Crippen molar-refractivity contribution in [1.29, 1.82) is 0 Å². The SMILES string of the molecule is COc1c(F)cc(NC(=O)c2cccc(S(=O)(=O)N3CCCC3)c2)cc1F. The lowest BCUT2D eigenvalue weighted by Gasteiger charge is -2.16. The van der Waals surface area contributed by atoms with Gasteiger partial charge in [-0.05, 0) is 31.0 Å². The summed E-state index contributed by atoms with van der Waals surface area (Å²) in [6, 6.07) is 7.38. The second kappa shape index (κ2) is 7.61. The van der Waals surface area contributed by atoms with Gasteiger partial charge in [0.1, 0.15) is 0 Å². The molecule has 0 unspecified atom stereocenters. The van der Waals surface area contributed by atoms with Gasteiger partial charge in [0.15, 0.2) is 17.4 Å². The van der Waals surface area contributed by atoms with E-state index in [0.717, 1.165) is 32.1 Å². The molecule has 9 heteroatoms. The first kappa shape index (κ1) is 19.2. The fraction of sp³-hybridized carbons (Fsp3) is 0.278. The molecule has 0 atom stereocenters. The Morgan fingerprint density at radius 2 is 1.74 bits per heavy atom. The molecule has 1 N–H and O–H groups in total. The van der Waals surface area contributed by atoms with Crippen molar-refractivity contribution in [3.05, 3.63) is 53.6 Å². The van der Waals surface area contributed by atoms with Crippen LogP contribution in [-0.4, -0.2) is 38.8 Å². The molecule has 3 rings (SSSR count). The Balaban J connectivity index is 1.84. The molecule has 27 heavy (non-hydrogen) atoms. The predicted molar refractivity (Wildman–Crippen MR) is 95.3 cm³/mol. The van der Waals surface area contributed by atoms with E-state index in [1.165, 1.54) is 28.6 Å². The number of halogens is 2. The molecule has 1 aliphatic heterocycles. The number of sulfonamides is 1. The number of carbonyl (C=O) groups is 1. The summed E-state index contributed by atoms with van der Waals surface area (Å²) >= 11 is 0. The zero-order chi connectivity index (χ0) is 19.6. The van der Waals surface area contributed by atoms with E-state index >= 15 is 0 Å². The van der Waals surface area contributed by atoms with Crippen molar-refractivity contribution in [2.24, 2.45) is 0 Å². The molecule has 0 bridgehead atoms. The number of hydrogen-bond acceptors (Lipinski definition) is 4. The lowest BCUT2D eigenvalue weighted by Crippen LogP contribution is -2.28. The maximum Gasteiger partial charge on any atom is 0.255 e. The minimum absolute atomic E-state index is 0.00384. The van der Waals surface area contributed by atoms with Crippen molar-refractivity contribution in [3.63, 3.8) is 0 Å². The highest BCUT2D eigenvalue weighted by Gasteiger charge is 2.27. The Morgan fingerprint density at radius 3 is 2.33 bits per heavy atom. The van der Waals surface area contributed by atoms with Crippen LogP contribution in [0, 0.1) is 11.6 Å². The summed E-state index contributed by atoms with van der Waals surface area (Å²) in [6.07, 6.45) is 1.60. The smallest absolute Gasteiger partial charge is 0.255 e. The van der Waals surface area contributed by atoms with Crippen LogP contribution in [0.15, 0.2) is 41.3 Å². The number of amides is 1. The van der Waals surface area contributed by atoms with E-state index < -0.39 is 33.3 Å². The third-order valence-corrected chi connectivity index (χ3v) is 6.15. The maximum absolute atomic E-state index is 13.8. The van der Waals surface area contributed by atoms with Crippen molar-refractivity contribution < 1.29 is 26.7 Å². The third kappa shape index (κ3) is 3.93. The monoisotopic (exact) mass is 396 g/mol. The van der Waals surface area contributed by atoms with Crippen LogP contribution in [-0.2, 0) is 10.0 Å². The number of anilines is 1. The average Bonchev–Trinajstić information content (AvgIpc) is 3.17. The quantitative estimate of drug-likeness (QED) is 0.843. The van der Waals surface area contributed by atoms with E-state index in [1.54, 1.807) is 0 Å². The summed E-state index contributed by atoms with van der Waals surface area (Å²) in [5, 5.41) is 2.36. The second-order valence-electron chi connectivity index (χ2n) is 6.07. The van der Waals surface area contributed by atoms with Crippen LogP contribution in [0.5, 0.6) is 5.75 Å². The molecule has 1 aliphatic rings. The average molecular weight is 396 g/mol.